The van der Waals surface area contributed by atoms with Gasteiger partial charge in [0.1, 0.15) is 0 Å². The van der Waals surface area contributed by atoms with Crippen molar-refractivity contribution < 1.29 is 4.74 Å². The largest absolute Gasteiger partial charge is 0.478 e. The first-order chi connectivity index (χ1) is 8.74. The topological polar surface area (TPSA) is 25.4 Å². The summed E-state index contributed by atoms with van der Waals surface area (Å²) >= 11 is 3.36. The molecule has 4 heteroatoms. The minimum atomic E-state index is 0.724. The summed E-state index contributed by atoms with van der Waals surface area (Å²) in [5.74, 6) is 1.62. The molecule has 1 saturated heterocycles. The van der Waals surface area contributed by atoms with E-state index >= 15 is 0 Å². The van der Waals surface area contributed by atoms with E-state index in [4.69, 9.17) is 4.74 Å². The van der Waals surface area contributed by atoms with Crippen molar-refractivity contribution >= 4 is 15.9 Å². The van der Waals surface area contributed by atoms with E-state index in [0.717, 1.165) is 29.3 Å². The highest BCUT2D eigenvalue weighted by atomic mass is 79.9. The van der Waals surface area contributed by atoms with Crippen molar-refractivity contribution in [1.82, 2.24) is 9.88 Å². The van der Waals surface area contributed by atoms with E-state index in [1.54, 1.807) is 6.20 Å². The highest BCUT2D eigenvalue weighted by molar-refractivity contribution is 9.10. The molecule has 0 aromatic carbocycles. The Labute approximate surface area is 118 Å². The van der Waals surface area contributed by atoms with E-state index in [1.165, 1.54) is 32.4 Å². The average molecular weight is 313 g/mol. The Morgan fingerprint density at radius 2 is 2.17 bits per heavy atom. The van der Waals surface area contributed by atoms with Crippen LogP contribution in [0.15, 0.2) is 22.8 Å². The number of ether oxygens (including phenoxy) is 1. The Balaban J connectivity index is 1.60. The van der Waals surface area contributed by atoms with Gasteiger partial charge in [-0.3, -0.25) is 0 Å². The fraction of sp³-hybridized carbons (Fsp3) is 0.643. The molecule has 0 aliphatic carbocycles. The molecule has 0 bridgehead atoms. The van der Waals surface area contributed by atoms with E-state index in [2.05, 4.69) is 32.9 Å². The molecule has 0 spiro atoms. The second kappa shape index (κ2) is 7.10. The van der Waals surface area contributed by atoms with Crippen LogP contribution < -0.4 is 4.74 Å². The van der Waals surface area contributed by atoms with Crippen molar-refractivity contribution in [3.63, 3.8) is 0 Å². The van der Waals surface area contributed by atoms with Crippen LogP contribution in [0.2, 0.25) is 0 Å². The number of piperidine rings is 1. The van der Waals surface area contributed by atoms with Crippen LogP contribution in [0.3, 0.4) is 0 Å². The summed E-state index contributed by atoms with van der Waals surface area (Å²) in [4.78, 5) is 6.61. The third-order valence-electron chi connectivity index (χ3n) is 3.55. The fourth-order valence-electron chi connectivity index (χ4n) is 2.35. The van der Waals surface area contributed by atoms with Crippen LogP contribution in [0.4, 0.5) is 0 Å². The molecule has 1 aromatic rings. The van der Waals surface area contributed by atoms with Gasteiger partial charge in [-0.2, -0.15) is 0 Å². The third-order valence-corrected chi connectivity index (χ3v) is 4.01. The number of hydrogen-bond donors (Lipinski definition) is 0. The van der Waals surface area contributed by atoms with Gasteiger partial charge in [0, 0.05) is 16.7 Å². The Kier molecular flexibility index (Phi) is 5.45. The van der Waals surface area contributed by atoms with Crippen LogP contribution in [0.25, 0.3) is 0 Å². The maximum atomic E-state index is 5.63. The van der Waals surface area contributed by atoms with E-state index in [-0.39, 0.29) is 0 Å². The third kappa shape index (κ3) is 4.58. The maximum absolute atomic E-state index is 5.63. The quantitative estimate of drug-likeness (QED) is 0.780. The normalized spacial score (nSPS) is 17.9. The van der Waals surface area contributed by atoms with Gasteiger partial charge in [0.15, 0.2) is 0 Å². The summed E-state index contributed by atoms with van der Waals surface area (Å²) in [7, 11) is 2.21. The molecule has 1 aliphatic rings. The van der Waals surface area contributed by atoms with Gasteiger partial charge in [-0.15, -0.1) is 0 Å². The maximum Gasteiger partial charge on any atom is 0.213 e. The second-order valence-electron chi connectivity index (χ2n) is 5.05. The molecule has 0 unspecified atom stereocenters. The highest BCUT2D eigenvalue weighted by Crippen LogP contribution is 2.21. The SMILES string of the molecule is CN1CCC(CCCOc2ccc(Br)cn2)CC1. The predicted octanol–water partition coefficient (Wildman–Crippen LogP) is 3.34. The van der Waals surface area contributed by atoms with Gasteiger partial charge in [0.05, 0.1) is 6.61 Å². The van der Waals surface area contributed by atoms with E-state index in [0.29, 0.717) is 0 Å². The van der Waals surface area contributed by atoms with Gasteiger partial charge in [0.25, 0.3) is 0 Å². The summed E-state index contributed by atoms with van der Waals surface area (Å²) < 4.78 is 6.62. The number of halogens is 1. The number of aromatic nitrogens is 1. The molecule has 1 fully saturated rings. The Morgan fingerprint density at radius 3 is 2.83 bits per heavy atom. The lowest BCUT2D eigenvalue weighted by Crippen LogP contribution is -2.30. The summed E-state index contributed by atoms with van der Waals surface area (Å²) in [6, 6.07) is 3.86. The molecule has 0 N–H and O–H groups in total. The van der Waals surface area contributed by atoms with Gasteiger partial charge in [0.2, 0.25) is 5.88 Å². The molecule has 100 valence electrons. The fourth-order valence-corrected chi connectivity index (χ4v) is 2.58. The summed E-state index contributed by atoms with van der Waals surface area (Å²) in [6.45, 7) is 3.28. The monoisotopic (exact) mass is 312 g/mol. The lowest BCUT2D eigenvalue weighted by atomic mass is 9.93. The summed E-state index contributed by atoms with van der Waals surface area (Å²) in [6.07, 6.45) is 6.86. The van der Waals surface area contributed by atoms with Crippen molar-refractivity contribution in [3.05, 3.63) is 22.8 Å². The van der Waals surface area contributed by atoms with E-state index < -0.39 is 0 Å². The lowest BCUT2D eigenvalue weighted by molar-refractivity contribution is 0.199. The van der Waals surface area contributed by atoms with Gasteiger partial charge in [-0.25, -0.2) is 4.98 Å². The molecule has 3 nitrogen and oxygen atoms in total. The van der Waals surface area contributed by atoms with Gasteiger partial charge >= 0.3 is 0 Å². The molecule has 0 saturated carbocycles. The van der Waals surface area contributed by atoms with Crippen LogP contribution in [0.1, 0.15) is 25.7 Å². The molecule has 0 atom stereocenters. The summed E-state index contributed by atoms with van der Waals surface area (Å²) in [5.41, 5.74) is 0. The Bertz CT molecular complexity index is 347. The van der Waals surface area contributed by atoms with Crippen LogP contribution in [0.5, 0.6) is 5.88 Å². The number of likely N-dealkylation sites (tertiary alicyclic amines) is 1. The molecule has 18 heavy (non-hydrogen) atoms. The zero-order valence-corrected chi connectivity index (χ0v) is 12.5. The standard InChI is InChI=1S/C14H21BrN2O/c1-17-8-6-12(7-9-17)3-2-10-18-14-5-4-13(15)11-16-14/h4-5,11-12H,2-3,6-10H2,1H3. The molecule has 1 aromatic heterocycles. The van der Waals surface area contributed by atoms with Crippen LogP contribution >= 0.6 is 15.9 Å². The number of hydrogen-bond acceptors (Lipinski definition) is 3. The smallest absolute Gasteiger partial charge is 0.213 e. The first-order valence-electron chi connectivity index (χ1n) is 6.67. The molecule has 2 rings (SSSR count). The van der Waals surface area contributed by atoms with Crippen LogP contribution in [-0.2, 0) is 0 Å². The first-order valence-corrected chi connectivity index (χ1v) is 7.46. The Morgan fingerprint density at radius 1 is 1.39 bits per heavy atom. The highest BCUT2D eigenvalue weighted by Gasteiger charge is 2.15. The number of rotatable bonds is 5. The molecule has 0 radical (unpaired) electrons. The van der Waals surface area contributed by atoms with Crippen molar-refractivity contribution in [2.24, 2.45) is 5.92 Å². The number of pyridine rings is 1. The van der Waals surface area contributed by atoms with Crippen molar-refractivity contribution in [1.29, 1.82) is 0 Å². The lowest BCUT2D eigenvalue weighted by Gasteiger charge is -2.28. The second-order valence-corrected chi connectivity index (χ2v) is 5.97. The van der Waals surface area contributed by atoms with E-state index in [9.17, 15) is 0 Å². The molecule has 0 amide bonds. The van der Waals surface area contributed by atoms with E-state index in [1.807, 2.05) is 12.1 Å². The number of nitrogens with zero attached hydrogens (tertiary/aromatic N) is 2. The van der Waals surface area contributed by atoms with Crippen molar-refractivity contribution in [3.8, 4) is 5.88 Å². The summed E-state index contributed by atoms with van der Waals surface area (Å²) in [5, 5.41) is 0. The molecular weight excluding hydrogens is 292 g/mol. The van der Waals surface area contributed by atoms with Gasteiger partial charge < -0.3 is 9.64 Å². The molecule has 1 aliphatic heterocycles. The van der Waals surface area contributed by atoms with Crippen molar-refractivity contribution in [2.75, 3.05) is 26.7 Å². The van der Waals surface area contributed by atoms with Crippen LogP contribution in [0, 0.1) is 5.92 Å². The average Bonchev–Trinajstić information content (AvgIpc) is 2.39. The Hall–Kier alpha value is -0.610. The molecular formula is C14H21BrN2O. The van der Waals surface area contributed by atoms with Crippen LogP contribution in [-0.4, -0.2) is 36.6 Å². The minimum Gasteiger partial charge on any atom is -0.478 e. The zero-order valence-electron chi connectivity index (χ0n) is 10.9. The van der Waals surface area contributed by atoms with Gasteiger partial charge in [-0.1, -0.05) is 0 Å². The van der Waals surface area contributed by atoms with Crippen molar-refractivity contribution in [2.45, 2.75) is 25.7 Å². The van der Waals surface area contributed by atoms with Gasteiger partial charge in [-0.05, 0) is 73.7 Å². The molecule has 2 heterocycles. The predicted molar refractivity (Wildman–Crippen MR) is 76.9 cm³/mol. The zero-order chi connectivity index (χ0) is 12.8. The first kappa shape index (κ1) is 13.8. The minimum absolute atomic E-state index is 0.724.